The summed E-state index contributed by atoms with van der Waals surface area (Å²) in [5, 5.41) is 7.86. The Kier molecular flexibility index (Phi) is 7.73. The first kappa shape index (κ1) is 26.9. The number of carbonyl (C=O) groups is 1. The van der Waals surface area contributed by atoms with E-state index >= 15 is 0 Å². The zero-order chi connectivity index (χ0) is 27.7. The number of rotatable bonds is 7. The maximum absolute atomic E-state index is 12.9. The lowest BCUT2D eigenvalue weighted by Gasteiger charge is -2.28. The molecule has 6 nitrogen and oxygen atoms in total. The van der Waals surface area contributed by atoms with E-state index in [0.29, 0.717) is 18.1 Å². The SMILES string of the molecule is Cc1cccc(NC(=O)CCN2C(=S)N[C@H](c3ccccn3)[C@H]2c2cc(C)n(-c3cccc(Cl)c3C)c2C)c1. The summed E-state index contributed by atoms with van der Waals surface area (Å²) >= 11 is 12.3. The van der Waals surface area contributed by atoms with Crippen LogP contribution in [-0.2, 0) is 4.79 Å². The number of benzene rings is 2. The maximum Gasteiger partial charge on any atom is 0.226 e. The fourth-order valence-electron chi connectivity index (χ4n) is 5.45. The predicted molar refractivity (Wildman–Crippen MR) is 162 cm³/mol. The largest absolute Gasteiger partial charge is 0.352 e. The molecule has 2 atom stereocenters. The van der Waals surface area contributed by atoms with E-state index in [-0.39, 0.29) is 18.0 Å². The van der Waals surface area contributed by atoms with Gasteiger partial charge in [-0.15, -0.1) is 0 Å². The van der Waals surface area contributed by atoms with Crippen molar-refractivity contribution in [3.8, 4) is 5.69 Å². The molecular weight excluding hydrogens is 526 g/mol. The molecule has 4 aromatic rings. The van der Waals surface area contributed by atoms with Gasteiger partial charge < -0.3 is 20.1 Å². The van der Waals surface area contributed by atoms with Crippen LogP contribution in [0.15, 0.2) is 72.9 Å². The zero-order valence-electron chi connectivity index (χ0n) is 22.5. The first-order chi connectivity index (χ1) is 18.7. The molecule has 0 radical (unpaired) electrons. The Morgan fingerprint density at radius 2 is 1.85 bits per heavy atom. The lowest BCUT2D eigenvalue weighted by atomic mass is 9.96. The van der Waals surface area contributed by atoms with E-state index in [1.165, 1.54) is 0 Å². The van der Waals surface area contributed by atoms with Crippen LogP contribution in [0.25, 0.3) is 5.69 Å². The highest BCUT2D eigenvalue weighted by Crippen LogP contribution is 2.42. The summed E-state index contributed by atoms with van der Waals surface area (Å²) in [4.78, 5) is 19.7. The average Bonchev–Trinajstić information content (AvgIpc) is 3.39. The number of amides is 1. The molecule has 39 heavy (non-hydrogen) atoms. The molecule has 2 aromatic heterocycles. The Bertz CT molecular complexity index is 1530. The predicted octanol–water partition coefficient (Wildman–Crippen LogP) is 6.76. The van der Waals surface area contributed by atoms with Crippen molar-refractivity contribution in [1.82, 2.24) is 19.8 Å². The molecular formula is C31H32ClN5OS. The third kappa shape index (κ3) is 5.42. The lowest BCUT2D eigenvalue weighted by molar-refractivity contribution is -0.116. The van der Waals surface area contributed by atoms with Gasteiger partial charge in [0, 0.05) is 46.9 Å². The highest BCUT2D eigenvalue weighted by Gasteiger charge is 2.41. The van der Waals surface area contributed by atoms with Crippen molar-refractivity contribution in [3.63, 3.8) is 0 Å². The molecule has 8 heteroatoms. The molecule has 1 fully saturated rings. The van der Waals surface area contributed by atoms with Gasteiger partial charge in [0.2, 0.25) is 5.91 Å². The smallest absolute Gasteiger partial charge is 0.226 e. The quantitative estimate of drug-likeness (QED) is 0.246. The fraction of sp³-hybridized carbons (Fsp3) is 0.258. The summed E-state index contributed by atoms with van der Waals surface area (Å²) in [5.74, 6) is -0.0524. The van der Waals surface area contributed by atoms with Crippen molar-refractivity contribution >= 4 is 40.5 Å². The van der Waals surface area contributed by atoms with Crippen LogP contribution < -0.4 is 10.6 Å². The maximum atomic E-state index is 12.9. The molecule has 0 unspecified atom stereocenters. The highest BCUT2D eigenvalue weighted by atomic mass is 35.5. The van der Waals surface area contributed by atoms with E-state index in [2.05, 4.69) is 51.1 Å². The third-order valence-corrected chi connectivity index (χ3v) is 8.11. The molecule has 0 spiro atoms. The lowest BCUT2D eigenvalue weighted by Crippen LogP contribution is -2.32. The van der Waals surface area contributed by atoms with Crippen molar-refractivity contribution < 1.29 is 4.79 Å². The van der Waals surface area contributed by atoms with Gasteiger partial charge in [0.1, 0.15) is 0 Å². The molecule has 200 valence electrons. The summed E-state index contributed by atoms with van der Waals surface area (Å²) in [6.45, 7) is 8.75. The zero-order valence-corrected chi connectivity index (χ0v) is 24.1. The van der Waals surface area contributed by atoms with E-state index in [0.717, 1.165) is 50.2 Å². The van der Waals surface area contributed by atoms with Crippen LogP contribution in [-0.4, -0.2) is 32.0 Å². The van der Waals surface area contributed by atoms with Crippen LogP contribution in [0.2, 0.25) is 5.02 Å². The number of pyridine rings is 1. The molecule has 1 aliphatic heterocycles. The minimum Gasteiger partial charge on any atom is -0.352 e. The molecule has 5 rings (SSSR count). The second-order valence-electron chi connectivity index (χ2n) is 10.0. The molecule has 1 saturated heterocycles. The van der Waals surface area contributed by atoms with Crippen LogP contribution in [0.4, 0.5) is 5.69 Å². The van der Waals surface area contributed by atoms with Gasteiger partial charge in [0.05, 0.1) is 17.8 Å². The van der Waals surface area contributed by atoms with Crippen molar-refractivity contribution in [2.45, 2.75) is 46.2 Å². The molecule has 2 N–H and O–H groups in total. The fourth-order valence-corrected chi connectivity index (χ4v) is 5.95. The number of nitrogens with zero attached hydrogens (tertiary/aromatic N) is 3. The van der Waals surface area contributed by atoms with E-state index in [1.807, 2.05) is 68.4 Å². The Labute approximate surface area is 240 Å². The standard InChI is InChI=1S/C31H32ClN5OS/c1-19-9-7-10-23(17-19)34-28(38)14-16-36-30(29(35-31(36)39)26-12-5-6-15-33-26)24-18-20(2)37(22(24)4)27-13-8-11-25(32)21(27)3/h5-13,15,17-18,29-30H,14,16H2,1-4H3,(H,34,38)(H,35,39)/t29-,30-/m1/s1. The summed E-state index contributed by atoms with van der Waals surface area (Å²) in [6.07, 6.45) is 2.10. The van der Waals surface area contributed by atoms with Gasteiger partial charge in [0.15, 0.2) is 5.11 Å². The summed E-state index contributed by atoms with van der Waals surface area (Å²) < 4.78 is 2.25. The Morgan fingerprint density at radius 3 is 2.59 bits per heavy atom. The molecule has 3 heterocycles. The van der Waals surface area contributed by atoms with E-state index < -0.39 is 0 Å². The van der Waals surface area contributed by atoms with Crippen molar-refractivity contribution in [3.05, 3.63) is 112 Å². The second-order valence-corrected chi connectivity index (χ2v) is 10.8. The average molecular weight is 558 g/mol. The first-order valence-electron chi connectivity index (χ1n) is 13.0. The van der Waals surface area contributed by atoms with E-state index in [4.69, 9.17) is 23.8 Å². The normalized spacial score (nSPS) is 16.8. The number of anilines is 1. The molecule has 2 aromatic carbocycles. The van der Waals surface area contributed by atoms with Crippen LogP contribution >= 0.6 is 23.8 Å². The van der Waals surface area contributed by atoms with Crippen LogP contribution in [0.5, 0.6) is 0 Å². The van der Waals surface area contributed by atoms with Crippen molar-refractivity contribution in [2.75, 3.05) is 11.9 Å². The van der Waals surface area contributed by atoms with Gasteiger partial charge in [-0.25, -0.2) is 0 Å². The van der Waals surface area contributed by atoms with Gasteiger partial charge >= 0.3 is 0 Å². The van der Waals surface area contributed by atoms with Gasteiger partial charge in [-0.3, -0.25) is 9.78 Å². The molecule has 1 amide bonds. The van der Waals surface area contributed by atoms with E-state index in [9.17, 15) is 4.79 Å². The van der Waals surface area contributed by atoms with Crippen LogP contribution in [0, 0.1) is 27.7 Å². The summed E-state index contributed by atoms with van der Waals surface area (Å²) in [5.41, 5.74) is 8.21. The third-order valence-electron chi connectivity index (χ3n) is 7.35. The Balaban J connectivity index is 1.49. The molecule has 1 aliphatic rings. The van der Waals surface area contributed by atoms with Crippen molar-refractivity contribution in [2.24, 2.45) is 0 Å². The number of halogens is 1. The van der Waals surface area contributed by atoms with E-state index in [1.54, 1.807) is 6.20 Å². The monoisotopic (exact) mass is 557 g/mol. The Morgan fingerprint density at radius 1 is 1.05 bits per heavy atom. The molecule has 0 aliphatic carbocycles. The first-order valence-corrected chi connectivity index (χ1v) is 13.8. The Hall–Kier alpha value is -3.68. The van der Waals surface area contributed by atoms with Crippen LogP contribution in [0.3, 0.4) is 0 Å². The number of hydrogen-bond donors (Lipinski definition) is 2. The van der Waals surface area contributed by atoms with Gasteiger partial charge in [0.25, 0.3) is 0 Å². The summed E-state index contributed by atoms with van der Waals surface area (Å²) in [6, 6.07) is 21.6. The number of aromatic nitrogens is 2. The molecule has 0 saturated carbocycles. The second kappa shape index (κ2) is 11.2. The van der Waals surface area contributed by atoms with Crippen molar-refractivity contribution in [1.29, 1.82) is 0 Å². The number of nitrogens with one attached hydrogen (secondary N) is 2. The molecule has 0 bridgehead atoms. The number of thiocarbonyl (C=S) groups is 1. The van der Waals surface area contributed by atoms with Gasteiger partial charge in [-0.2, -0.15) is 0 Å². The minimum atomic E-state index is -0.159. The van der Waals surface area contributed by atoms with Gasteiger partial charge in [-0.05, 0) is 99.1 Å². The summed E-state index contributed by atoms with van der Waals surface area (Å²) in [7, 11) is 0. The number of aryl methyl sites for hydroxylation is 2. The number of carbonyl (C=O) groups excluding carboxylic acids is 1. The van der Waals surface area contributed by atoms with Gasteiger partial charge in [-0.1, -0.05) is 35.9 Å². The highest BCUT2D eigenvalue weighted by molar-refractivity contribution is 7.80. The van der Waals surface area contributed by atoms with Crippen LogP contribution in [0.1, 0.15) is 52.3 Å². The topological polar surface area (TPSA) is 62.2 Å². The number of hydrogen-bond acceptors (Lipinski definition) is 3. The minimum absolute atomic E-state index is 0.0524.